The first-order valence-electron chi connectivity index (χ1n) is 15.7. The molecule has 1 aliphatic carbocycles. The molecule has 0 heterocycles. The topological polar surface area (TPSA) is 86.8 Å². The minimum Gasteiger partial charge on any atom is -0.352 e. The monoisotopic (exact) mass is 657 g/mol. The maximum atomic E-state index is 14.7. The fourth-order valence-electron chi connectivity index (χ4n) is 5.93. The van der Waals surface area contributed by atoms with Gasteiger partial charge in [0.15, 0.2) is 0 Å². The maximum absolute atomic E-state index is 14.7. The number of nitrogens with one attached hydrogen (secondary N) is 1. The molecule has 0 saturated heterocycles. The molecule has 0 unspecified atom stereocenters. The molecule has 7 nitrogen and oxygen atoms in total. The van der Waals surface area contributed by atoms with Crippen molar-refractivity contribution in [2.24, 2.45) is 0 Å². The third-order valence-electron chi connectivity index (χ3n) is 8.54. The van der Waals surface area contributed by atoms with Gasteiger partial charge in [0.05, 0.1) is 10.6 Å². The highest BCUT2D eigenvalue weighted by Gasteiger charge is 2.36. The second kappa shape index (κ2) is 15.0. The van der Waals surface area contributed by atoms with Crippen molar-refractivity contribution in [2.75, 3.05) is 10.8 Å². The Morgan fingerprint density at radius 1 is 0.848 bits per heavy atom. The molecule has 4 aromatic rings. The van der Waals surface area contributed by atoms with Crippen LogP contribution in [0.4, 0.5) is 5.69 Å². The van der Waals surface area contributed by atoms with Crippen LogP contribution in [0.15, 0.2) is 108 Å². The van der Waals surface area contributed by atoms with Gasteiger partial charge in [-0.1, -0.05) is 109 Å². The van der Waals surface area contributed by atoms with Gasteiger partial charge < -0.3 is 10.2 Å². The van der Waals surface area contributed by atoms with Crippen LogP contribution < -0.4 is 9.62 Å². The average molecular weight is 658 g/mol. The number of para-hydroxylation sites is 1. The van der Waals surface area contributed by atoms with Crippen molar-refractivity contribution in [3.8, 4) is 0 Å². The van der Waals surface area contributed by atoms with Crippen molar-refractivity contribution in [1.29, 1.82) is 0 Å². The number of carbonyl (C=O) groups excluding carboxylic acids is 2. The van der Waals surface area contributed by atoms with Crippen molar-refractivity contribution in [1.82, 2.24) is 10.2 Å². The number of carbonyl (C=O) groups is 2. The predicted molar refractivity (Wildman–Crippen MR) is 183 cm³/mol. The highest BCUT2D eigenvalue weighted by atomic mass is 35.5. The van der Waals surface area contributed by atoms with E-state index in [0.717, 1.165) is 41.1 Å². The lowest BCUT2D eigenvalue weighted by atomic mass is 10.0. The van der Waals surface area contributed by atoms with Crippen LogP contribution in [0.5, 0.6) is 0 Å². The van der Waals surface area contributed by atoms with Gasteiger partial charge in [-0.25, -0.2) is 8.42 Å². The minimum atomic E-state index is -4.17. The fraction of sp³-hybridized carbons (Fsp3) is 0.297. The Labute approximate surface area is 277 Å². The van der Waals surface area contributed by atoms with Crippen LogP contribution in [0.25, 0.3) is 0 Å². The first-order valence-corrected chi connectivity index (χ1v) is 17.5. The Kier molecular flexibility index (Phi) is 10.8. The average Bonchev–Trinajstić information content (AvgIpc) is 3.56. The summed E-state index contributed by atoms with van der Waals surface area (Å²) < 4.78 is 29.6. The van der Waals surface area contributed by atoms with Crippen LogP contribution in [0.3, 0.4) is 0 Å². The number of benzene rings is 4. The van der Waals surface area contributed by atoms with E-state index in [9.17, 15) is 18.0 Å². The minimum absolute atomic E-state index is 0.0281. The number of aryl methyl sites for hydroxylation is 2. The molecule has 1 saturated carbocycles. The molecule has 9 heteroatoms. The Hall–Kier alpha value is -4.14. The number of halogens is 1. The Bertz CT molecular complexity index is 1760. The molecule has 0 spiro atoms. The molecule has 1 aliphatic rings. The van der Waals surface area contributed by atoms with Crippen LogP contribution in [-0.2, 0) is 32.6 Å². The summed E-state index contributed by atoms with van der Waals surface area (Å²) in [4.78, 5) is 30.3. The third kappa shape index (κ3) is 7.98. The molecule has 240 valence electrons. The van der Waals surface area contributed by atoms with Gasteiger partial charge in [-0.05, 0) is 67.6 Å². The molecule has 0 aliphatic heterocycles. The highest BCUT2D eigenvalue weighted by molar-refractivity contribution is 7.92. The van der Waals surface area contributed by atoms with E-state index in [-0.39, 0.29) is 29.8 Å². The molecular formula is C37H40ClN3O4S. The molecule has 0 aromatic heterocycles. The van der Waals surface area contributed by atoms with Crippen LogP contribution in [0.2, 0.25) is 5.02 Å². The summed E-state index contributed by atoms with van der Waals surface area (Å²) in [5.41, 5.74) is 3.55. The Morgan fingerprint density at radius 2 is 1.48 bits per heavy atom. The van der Waals surface area contributed by atoms with E-state index in [1.165, 1.54) is 4.90 Å². The molecule has 2 amide bonds. The summed E-state index contributed by atoms with van der Waals surface area (Å²) in [6.07, 6.45) is 4.11. The van der Waals surface area contributed by atoms with Crippen molar-refractivity contribution in [3.05, 3.63) is 130 Å². The van der Waals surface area contributed by atoms with Crippen LogP contribution >= 0.6 is 11.6 Å². The van der Waals surface area contributed by atoms with E-state index >= 15 is 0 Å². The second-order valence-electron chi connectivity index (χ2n) is 11.9. The Morgan fingerprint density at radius 3 is 2.15 bits per heavy atom. The van der Waals surface area contributed by atoms with Gasteiger partial charge in [0, 0.05) is 24.0 Å². The van der Waals surface area contributed by atoms with Crippen molar-refractivity contribution in [3.63, 3.8) is 0 Å². The first kappa shape index (κ1) is 33.2. The zero-order valence-electron chi connectivity index (χ0n) is 26.2. The third-order valence-corrected chi connectivity index (χ3v) is 10.7. The van der Waals surface area contributed by atoms with E-state index in [1.807, 2.05) is 68.4 Å². The van der Waals surface area contributed by atoms with Gasteiger partial charge in [-0.15, -0.1) is 0 Å². The molecule has 0 radical (unpaired) electrons. The van der Waals surface area contributed by atoms with Gasteiger partial charge >= 0.3 is 0 Å². The zero-order chi connectivity index (χ0) is 32.7. The van der Waals surface area contributed by atoms with Gasteiger partial charge in [-0.3, -0.25) is 13.9 Å². The molecule has 5 rings (SSSR count). The van der Waals surface area contributed by atoms with Crippen molar-refractivity contribution < 1.29 is 18.0 Å². The summed E-state index contributed by atoms with van der Waals surface area (Å²) in [7, 11) is -4.17. The van der Waals surface area contributed by atoms with Crippen LogP contribution in [0.1, 0.15) is 47.9 Å². The number of anilines is 1. The largest absolute Gasteiger partial charge is 0.352 e. The zero-order valence-corrected chi connectivity index (χ0v) is 27.8. The molecule has 1 atom stereocenters. The molecule has 1 N–H and O–H groups in total. The second-order valence-corrected chi connectivity index (χ2v) is 14.2. The summed E-state index contributed by atoms with van der Waals surface area (Å²) in [5.74, 6) is -0.777. The fourth-order valence-corrected chi connectivity index (χ4v) is 7.60. The first-order chi connectivity index (χ1) is 22.1. The van der Waals surface area contributed by atoms with Crippen LogP contribution in [0, 0.1) is 13.8 Å². The summed E-state index contributed by atoms with van der Waals surface area (Å²) in [5, 5.41) is 3.65. The maximum Gasteiger partial charge on any atom is 0.264 e. The van der Waals surface area contributed by atoms with Crippen molar-refractivity contribution >= 4 is 39.1 Å². The summed E-state index contributed by atoms with van der Waals surface area (Å²) in [6, 6.07) is 29.5. The number of hydrogen-bond donors (Lipinski definition) is 1. The summed E-state index contributed by atoms with van der Waals surface area (Å²) in [6.45, 7) is 3.22. The quantitative estimate of drug-likeness (QED) is 0.181. The standard InChI is InChI=1S/C37H40ClN3O4S/c1-27-20-22-32(23-21-27)46(44,45)41(34-19-11-6-12-28(34)2)26-36(42)40(25-30-15-7-10-18-33(30)38)35(24-29-13-4-3-5-14-29)37(43)39-31-16-8-9-17-31/h3-7,10-15,18-23,31,35H,8-9,16-17,24-26H2,1-2H3,(H,39,43)/t35-/m1/s1. The predicted octanol–water partition coefficient (Wildman–Crippen LogP) is 6.85. The number of nitrogens with zero attached hydrogens (tertiary/aromatic N) is 2. The van der Waals surface area contributed by atoms with Crippen LogP contribution in [-0.4, -0.2) is 43.8 Å². The smallest absolute Gasteiger partial charge is 0.264 e. The van der Waals surface area contributed by atoms with E-state index in [1.54, 1.807) is 48.5 Å². The lowest BCUT2D eigenvalue weighted by molar-refractivity contribution is -0.140. The van der Waals surface area contributed by atoms with E-state index < -0.39 is 28.5 Å². The molecule has 46 heavy (non-hydrogen) atoms. The number of sulfonamides is 1. The van der Waals surface area contributed by atoms with Gasteiger partial charge in [0.1, 0.15) is 12.6 Å². The molecule has 1 fully saturated rings. The lowest BCUT2D eigenvalue weighted by Gasteiger charge is -2.34. The van der Waals surface area contributed by atoms with Gasteiger partial charge in [0.25, 0.3) is 10.0 Å². The molecular weight excluding hydrogens is 618 g/mol. The highest BCUT2D eigenvalue weighted by Crippen LogP contribution is 2.29. The van der Waals surface area contributed by atoms with Crippen molar-refractivity contribution in [2.45, 2.75) is 69.5 Å². The van der Waals surface area contributed by atoms with Gasteiger partial charge in [-0.2, -0.15) is 0 Å². The van der Waals surface area contributed by atoms with Gasteiger partial charge in [0.2, 0.25) is 11.8 Å². The lowest BCUT2D eigenvalue weighted by Crippen LogP contribution is -2.54. The van der Waals surface area contributed by atoms with E-state index in [0.29, 0.717) is 21.8 Å². The van der Waals surface area contributed by atoms with E-state index in [4.69, 9.17) is 11.6 Å². The number of rotatable bonds is 12. The molecule has 4 aromatic carbocycles. The number of amides is 2. The SMILES string of the molecule is Cc1ccc(S(=O)(=O)N(CC(=O)N(Cc2ccccc2Cl)[C@H](Cc2ccccc2)C(=O)NC2CCCC2)c2ccccc2C)cc1. The Balaban J connectivity index is 1.58. The van der Waals surface area contributed by atoms with E-state index in [2.05, 4.69) is 5.32 Å². The summed E-state index contributed by atoms with van der Waals surface area (Å²) >= 11 is 6.60. The number of hydrogen-bond acceptors (Lipinski definition) is 4. The normalized spacial score (nSPS) is 14.1. The molecule has 0 bridgehead atoms.